The summed E-state index contributed by atoms with van der Waals surface area (Å²) < 4.78 is 5.46. The van der Waals surface area contributed by atoms with Crippen LogP contribution in [0.5, 0.6) is 0 Å². The number of para-hydroxylation sites is 1. The van der Waals surface area contributed by atoms with Crippen LogP contribution in [0.3, 0.4) is 0 Å². The molecule has 0 aliphatic rings. The normalized spacial score (nSPS) is 10.6. The number of thiophene rings is 1. The number of hydrogen-bond donors (Lipinski definition) is 1. The molecule has 6 nitrogen and oxygen atoms in total. The van der Waals surface area contributed by atoms with Crippen molar-refractivity contribution in [2.24, 2.45) is 0 Å². The minimum atomic E-state index is -0.441. The number of Topliss-reactive ketones (excluding diaryl/α,β-unsaturated/α-hetero) is 1. The Hall–Kier alpha value is -2.58. The van der Waals surface area contributed by atoms with Crippen molar-refractivity contribution in [3.05, 3.63) is 46.3 Å². The Morgan fingerprint density at radius 1 is 1.16 bits per heavy atom. The molecule has 0 aliphatic carbocycles. The molecule has 1 N–H and O–H groups in total. The number of carbonyl (C=O) groups is 3. The third-order valence-corrected chi connectivity index (χ3v) is 5.33. The molecule has 3 aromatic rings. The van der Waals surface area contributed by atoms with Gasteiger partial charge >= 0.3 is 5.97 Å². The van der Waals surface area contributed by atoms with E-state index in [1.54, 1.807) is 11.4 Å². The smallest absolute Gasteiger partial charge is 0.305 e. The van der Waals surface area contributed by atoms with E-state index in [9.17, 15) is 14.4 Å². The van der Waals surface area contributed by atoms with Gasteiger partial charge in [0.05, 0.1) is 29.3 Å². The summed E-state index contributed by atoms with van der Waals surface area (Å²) in [6.45, 7) is 0. The van der Waals surface area contributed by atoms with Gasteiger partial charge < -0.3 is 10.1 Å². The average Bonchev–Trinajstić information content (AvgIpc) is 3.25. The van der Waals surface area contributed by atoms with Crippen LogP contribution in [0.1, 0.15) is 33.0 Å². The van der Waals surface area contributed by atoms with Gasteiger partial charge in [0.2, 0.25) is 0 Å². The highest BCUT2D eigenvalue weighted by Gasteiger charge is 2.19. The number of carbonyl (C=O) groups excluding carboxylic acids is 3. The lowest BCUT2D eigenvalue weighted by molar-refractivity contribution is -0.140. The largest absolute Gasteiger partial charge is 0.469 e. The zero-order chi connectivity index (χ0) is 17.8. The summed E-state index contributed by atoms with van der Waals surface area (Å²) in [4.78, 5) is 40.1. The number of thiazole rings is 1. The minimum Gasteiger partial charge on any atom is -0.469 e. The lowest BCUT2D eigenvalue weighted by Gasteiger charge is -2.04. The van der Waals surface area contributed by atoms with Gasteiger partial charge in [-0.15, -0.1) is 22.7 Å². The summed E-state index contributed by atoms with van der Waals surface area (Å²) in [5, 5.41) is 5.26. The molecule has 1 amide bonds. The van der Waals surface area contributed by atoms with E-state index in [4.69, 9.17) is 0 Å². The lowest BCUT2D eigenvalue weighted by Crippen LogP contribution is -2.13. The fourth-order valence-corrected chi connectivity index (χ4v) is 3.87. The number of aromatic nitrogens is 1. The first-order valence-corrected chi connectivity index (χ1v) is 9.12. The molecule has 0 spiro atoms. The molecule has 2 aromatic heterocycles. The molecule has 0 saturated carbocycles. The lowest BCUT2D eigenvalue weighted by atomic mass is 10.1. The van der Waals surface area contributed by atoms with Gasteiger partial charge in [-0.1, -0.05) is 12.1 Å². The van der Waals surface area contributed by atoms with Gasteiger partial charge in [-0.05, 0) is 23.6 Å². The summed E-state index contributed by atoms with van der Waals surface area (Å²) in [6.07, 6.45) is 0.0455. The van der Waals surface area contributed by atoms with Crippen LogP contribution in [0.15, 0.2) is 35.7 Å². The molecule has 128 valence electrons. The Bertz CT molecular complexity index is 912. The minimum absolute atomic E-state index is 0.0104. The summed E-state index contributed by atoms with van der Waals surface area (Å²) >= 11 is 2.55. The number of amides is 1. The number of esters is 1. The number of ketones is 1. The van der Waals surface area contributed by atoms with Crippen LogP contribution in [0.2, 0.25) is 0 Å². The van der Waals surface area contributed by atoms with E-state index < -0.39 is 5.97 Å². The maximum Gasteiger partial charge on any atom is 0.305 e. The number of ether oxygens (including phenoxy) is 1. The molecule has 25 heavy (non-hydrogen) atoms. The van der Waals surface area contributed by atoms with E-state index in [-0.39, 0.29) is 24.5 Å². The Balaban J connectivity index is 1.73. The van der Waals surface area contributed by atoms with Crippen molar-refractivity contribution in [1.29, 1.82) is 0 Å². The molecular formula is C17H14N2O4S2. The van der Waals surface area contributed by atoms with E-state index in [1.807, 2.05) is 24.3 Å². The summed E-state index contributed by atoms with van der Waals surface area (Å²) in [5.41, 5.74) is 1.15. The topological polar surface area (TPSA) is 85.4 Å². The van der Waals surface area contributed by atoms with Gasteiger partial charge in [-0.25, -0.2) is 4.98 Å². The van der Waals surface area contributed by atoms with Crippen molar-refractivity contribution in [3.8, 4) is 0 Å². The van der Waals surface area contributed by atoms with Crippen LogP contribution in [-0.2, 0) is 9.53 Å². The quantitative estimate of drug-likeness (QED) is 0.525. The molecule has 0 unspecified atom stereocenters. The summed E-state index contributed by atoms with van der Waals surface area (Å²) in [7, 11) is 1.28. The zero-order valence-electron chi connectivity index (χ0n) is 13.3. The number of nitrogens with one attached hydrogen (secondary N) is 1. The first kappa shape index (κ1) is 17.2. The molecule has 3 rings (SSSR count). The molecule has 0 fully saturated rings. The van der Waals surface area contributed by atoms with E-state index in [2.05, 4.69) is 15.0 Å². The summed E-state index contributed by atoms with van der Waals surface area (Å²) in [6, 6.07) is 9.13. The molecule has 0 radical (unpaired) electrons. The number of methoxy groups -OCH3 is 1. The Morgan fingerprint density at radius 3 is 2.72 bits per heavy atom. The first-order chi connectivity index (χ1) is 12.1. The van der Waals surface area contributed by atoms with E-state index in [1.165, 1.54) is 29.8 Å². The number of fused-ring (bicyclic) bond motifs is 1. The average molecular weight is 374 g/mol. The SMILES string of the molecule is COC(=O)CCC(=O)c1ccsc1NC(=O)c1nc2ccccc2s1. The highest BCUT2D eigenvalue weighted by Crippen LogP contribution is 2.27. The van der Waals surface area contributed by atoms with Crippen LogP contribution in [0.25, 0.3) is 10.2 Å². The van der Waals surface area contributed by atoms with Crippen LogP contribution < -0.4 is 5.32 Å². The van der Waals surface area contributed by atoms with Crippen molar-refractivity contribution < 1.29 is 19.1 Å². The fraction of sp³-hybridized carbons (Fsp3) is 0.176. The molecule has 0 bridgehead atoms. The number of hydrogen-bond acceptors (Lipinski definition) is 7. The van der Waals surface area contributed by atoms with Gasteiger partial charge in [-0.2, -0.15) is 0 Å². The Labute approximate surface area is 151 Å². The van der Waals surface area contributed by atoms with Crippen LogP contribution >= 0.6 is 22.7 Å². The van der Waals surface area contributed by atoms with E-state index >= 15 is 0 Å². The fourth-order valence-electron chi connectivity index (χ4n) is 2.20. The maximum absolute atomic E-state index is 12.4. The van der Waals surface area contributed by atoms with Crippen molar-refractivity contribution in [1.82, 2.24) is 4.98 Å². The van der Waals surface area contributed by atoms with Crippen molar-refractivity contribution in [2.45, 2.75) is 12.8 Å². The molecule has 0 aliphatic heterocycles. The third kappa shape index (κ3) is 3.92. The van der Waals surface area contributed by atoms with Crippen LogP contribution in [0, 0.1) is 0 Å². The van der Waals surface area contributed by atoms with Gasteiger partial charge in [0, 0.05) is 6.42 Å². The highest BCUT2D eigenvalue weighted by atomic mass is 32.1. The molecule has 0 saturated heterocycles. The van der Waals surface area contributed by atoms with Crippen LogP contribution in [0.4, 0.5) is 5.00 Å². The van der Waals surface area contributed by atoms with E-state index in [0.29, 0.717) is 15.6 Å². The second-order valence-electron chi connectivity index (χ2n) is 5.10. The van der Waals surface area contributed by atoms with Gasteiger partial charge in [0.25, 0.3) is 5.91 Å². The monoisotopic (exact) mass is 374 g/mol. The Kier molecular flexibility index (Phi) is 5.20. The first-order valence-electron chi connectivity index (χ1n) is 7.43. The molecule has 2 heterocycles. The maximum atomic E-state index is 12.4. The number of benzene rings is 1. The van der Waals surface area contributed by atoms with Gasteiger partial charge in [0.1, 0.15) is 5.00 Å². The second-order valence-corrected chi connectivity index (χ2v) is 7.05. The van der Waals surface area contributed by atoms with Crippen molar-refractivity contribution in [3.63, 3.8) is 0 Å². The van der Waals surface area contributed by atoms with Gasteiger partial charge in [-0.3, -0.25) is 14.4 Å². The highest BCUT2D eigenvalue weighted by molar-refractivity contribution is 7.20. The number of anilines is 1. The second kappa shape index (κ2) is 7.54. The van der Waals surface area contributed by atoms with Crippen LogP contribution in [-0.4, -0.2) is 29.8 Å². The molecule has 8 heteroatoms. The van der Waals surface area contributed by atoms with Gasteiger partial charge in [0.15, 0.2) is 10.8 Å². The standard InChI is InChI=1S/C17H14N2O4S2/c1-23-14(21)7-6-12(20)10-8-9-24-16(10)19-15(22)17-18-11-4-2-3-5-13(11)25-17/h2-5,8-9H,6-7H2,1H3,(H,19,22). The number of rotatable bonds is 6. The molecule has 0 atom stereocenters. The van der Waals surface area contributed by atoms with E-state index in [0.717, 1.165) is 10.2 Å². The van der Waals surface area contributed by atoms with Crippen molar-refractivity contribution in [2.75, 3.05) is 12.4 Å². The predicted molar refractivity (Wildman–Crippen MR) is 97.5 cm³/mol. The summed E-state index contributed by atoms with van der Waals surface area (Å²) in [5.74, 6) is -1.01. The van der Waals surface area contributed by atoms with Crippen molar-refractivity contribution >= 4 is 55.6 Å². The Morgan fingerprint density at radius 2 is 1.96 bits per heavy atom. The number of nitrogens with zero attached hydrogens (tertiary/aromatic N) is 1. The molecule has 1 aromatic carbocycles. The third-order valence-electron chi connectivity index (χ3n) is 3.46. The zero-order valence-corrected chi connectivity index (χ0v) is 14.9. The molecular weight excluding hydrogens is 360 g/mol. The predicted octanol–water partition coefficient (Wildman–Crippen LogP) is 3.75.